The lowest BCUT2D eigenvalue weighted by Crippen LogP contribution is -2.40. The Bertz CT molecular complexity index is 1600. The SMILES string of the molecule is Nc1ncc2c(c1OC1CCN(CCOC3CCCCO3)CC1)c1cc(Br)cnc1n2S(=O)(=O)c1ccccc1. The number of halogens is 1. The minimum atomic E-state index is -3.97. The average Bonchev–Trinajstić information content (AvgIpc) is 3.31. The van der Waals surface area contributed by atoms with Crippen molar-refractivity contribution in [2.75, 3.05) is 38.6 Å². The summed E-state index contributed by atoms with van der Waals surface area (Å²) in [5.41, 5.74) is 7.02. The summed E-state index contributed by atoms with van der Waals surface area (Å²) in [7, 11) is -3.97. The number of ether oxygens (including phenoxy) is 3. The largest absolute Gasteiger partial charge is 0.486 e. The molecule has 10 nitrogen and oxygen atoms in total. The van der Waals surface area contributed by atoms with Crippen LogP contribution >= 0.6 is 15.9 Å². The Morgan fingerprint density at radius 1 is 1.07 bits per heavy atom. The van der Waals surface area contributed by atoms with E-state index in [9.17, 15) is 8.42 Å². The number of anilines is 1. The number of aromatic nitrogens is 3. The molecule has 0 saturated carbocycles. The molecule has 3 aromatic heterocycles. The predicted octanol–water partition coefficient (Wildman–Crippen LogP) is 4.55. The maximum absolute atomic E-state index is 13.8. The normalized spacial score (nSPS) is 19.4. The minimum Gasteiger partial charge on any atom is -0.486 e. The molecule has 2 fully saturated rings. The van der Waals surface area contributed by atoms with Crippen LogP contribution in [0.3, 0.4) is 0 Å². The lowest BCUT2D eigenvalue weighted by molar-refractivity contribution is -0.164. The van der Waals surface area contributed by atoms with E-state index in [2.05, 4.69) is 30.8 Å². The van der Waals surface area contributed by atoms with Gasteiger partial charge in [0.15, 0.2) is 23.5 Å². The van der Waals surface area contributed by atoms with Crippen molar-refractivity contribution in [2.24, 2.45) is 0 Å². The Morgan fingerprint density at radius 2 is 1.88 bits per heavy atom. The Kier molecular flexibility index (Phi) is 7.95. The molecule has 0 aliphatic carbocycles. The quantitative estimate of drug-likeness (QED) is 0.299. The Morgan fingerprint density at radius 3 is 2.62 bits per heavy atom. The molecule has 2 N–H and O–H groups in total. The molecule has 2 aliphatic heterocycles. The second kappa shape index (κ2) is 11.6. The number of nitrogens with two attached hydrogens (primary N) is 1. The van der Waals surface area contributed by atoms with E-state index < -0.39 is 10.0 Å². The molecule has 0 bridgehead atoms. The molecule has 12 heteroatoms. The molecule has 0 radical (unpaired) electrons. The van der Waals surface area contributed by atoms with Crippen molar-refractivity contribution in [2.45, 2.75) is 49.4 Å². The van der Waals surface area contributed by atoms with Gasteiger partial charge in [-0.05, 0) is 66.2 Å². The first-order valence-corrected chi connectivity index (χ1v) is 15.8. The van der Waals surface area contributed by atoms with Gasteiger partial charge in [-0.25, -0.2) is 22.4 Å². The number of benzene rings is 1. The summed E-state index contributed by atoms with van der Waals surface area (Å²) in [5, 5.41) is 1.20. The van der Waals surface area contributed by atoms with Crippen LogP contribution in [0.1, 0.15) is 32.1 Å². The van der Waals surface area contributed by atoms with Gasteiger partial charge in [-0.3, -0.25) is 0 Å². The molecule has 1 aromatic carbocycles. The highest BCUT2D eigenvalue weighted by Crippen LogP contribution is 2.41. The predicted molar refractivity (Wildman–Crippen MR) is 156 cm³/mol. The first-order valence-electron chi connectivity index (χ1n) is 13.6. The molecule has 2 aliphatic rings. The lowest BCUT2D eigenvalue weighted by Gasteiger charge is -2.32. The van der Waals surface area contributed by atoms with E-state index in [0.717, 1.165) is 58.3 Å². The number of hydrogen-bond acceptors (Lipinski definition) is 9. The molecule has 5 heterocycles. The van der Waals surface area contributed by atoms with Gasteiger partial charge in [-0.15, -0.1) is 0 Å². The van der Waals surface area contributed by atoms with Gasteiger partial charge in [0.2, 0.25) is 0 Å². The topological polar surface area (TPSA) is 122 Å². The van der Waals surface area contributed by atoms with Crippen molar-refractivity contribution in [3.8, 4) is 5.75 Å². The monoisotopic (exact) mass is 629 g/mol. The summed E-state index contributed by atoms with van der Waals surface area (Å²) >= 11 is 3.48. The number of hydrogen-bond donors (Lipinski definition) is 1. The van der Waals surface area contributed by atoms with Crippen LogP contribution in [0, 0.1) is 0 Å². The zero-order valence-electron chi connectivity index (χ0n) is 22.0. The van der Waals surface area contributed by atoms with Crippen LogP contribution in [0.25, 0.3) is 21.9 Å². The zero-order chi connectivity index (χ0) is 27.7. The number of nitrogens with zero attached hydrogens (tertiary/aromatic N) is 4. The molecular weight excluding hydrogens is 598 g/mol. The summed E-state index contributed by atoms with van der Waals surface area (Å²) in [5.74, 6) is 0.604. The van der Waals surface area contributed by atoms with Gasteiger partial charge in [0.1, 0.15) is 6.10 Å². The van der Waals surface area contributed by atoms with Gasteiger partial charge in [0.05, 0.1) is 28.6 Å². The number of rotatable bonds is 8. The molecule has 4 aromatic rings. The van der Waals surface area contributed by atoms with Gasteiger partial charge in [-0.1, -0.05) is 18.2 Å². The molecule has 6 rings (SSSR count). The van der Waals surface area contributed by atoms with Crippen LogP contribution in [0.2, 0.25) is 0 Å². The molecule has 212 valence electrons. The van der Waals surface area contributed by atoms with Crippen molar-refractivity contribution in [1.29, 1.82) is 0 Å². The van der Waals surface area contributed by atoms with Gasteiger partial charge < -0.3 is 24.8 Å². The second-order valence-electron chi connectivity index (χ2n) is 10.2. The summed E-state index contributed by atoms with van der Waals surface area (Å²) in [6.45, 7) is 3.99. The number of piperidine rings is 1. The van der Waals surface area contributed by atoms with E-state index in [1.807, 2.05) is 6.07 Å². The van der Waals surface area contributed by atoms with Crippen LogP contribution in [-0.2, 0) is 19.5 Å². The van der Waals surface area contributed by atoms with E-state index in [4.69, 9.17) is 19.9 Å². The molecule has 0 amide bonds. The van der Waals surface area contributed by atoms with Crippen molar-refractivity contribution in [3.05, 3.63) is 53.3 Å². The van der Waals surface area contributed by atoms with Crippen LogP contribution < -0.4 is 10.5 Å². The minimum absolute atomic E-state index is 0.0760. The van der Waals surface area contributed by atoms with Crippen LogP contribution in [0.4, 0.5) is 5.82 Å². The number of fused-ring (bicyclic) bond motifs is 3. The fraction of sp³-hybridized carbons (Fsp3) is 0.429. The Labute approximate surface area is 241 Å². The smallest absolute Gasteiger partial charge is 0.269 e. The van der Waals surface area contributed by atoms with Crippen LogP contribution in [0.15, 0.2) is 58.2 Å². The fourth-order valence-corrected chi connectivity index (χ4v) is 7.25. The highest BCUT2D eigenvalue weighted by atomic mass is 79.9. The first-order chi connectivity index (χ1) is 19.4. The fourth-order valence-electron chi connectivity index (χ4n) is 5.44. The summed E-state index contributed by atoms with van der Waals surface area (Å²) in [6, 6.07) is 10.1. The molecule has 0 spiro atoms. The van der Waals surface area contributed by atoms with E-state index in [0.29, 0.717) is 33.1 Å². The maximum Gasteiger partial charge on any atom is 0.269 e. The summed E-state index contributed by atoms with van der Waals surface area (Å²) < 4.78 is 47.6. The molecular formula is C28H32BrN5O5S. The molecule has 2 saturated heterocycles. The average molecular weight is 631 g/mol. The summed E-state index contributed by atoms with van der Waals surface area (Å²) in [4.78, 5) is 11.4. The third kappa shape index (κ3) is 5.42. The van der Waals surface area contributed by atoms with Crippen molar-refractivity contribution < 1.29 is 22.6 Å². The lowest BCUT2D eigenvalue weighted by atomic mass is 10.1. The molecule has 40 heavy (non-hydrogen) atoms. The van der Waals surface area contributed by atoms with Crippen molar-refractivity contribution in [1.82, 2.24) is 18.8 Å². The van der Waals surface area contributed by atoms with Crippen molar-refractivity contribution in [3.63, 3.8) is 0 Å². The van der Waals surface area contributed by atoms with Crippen molar-refractivity contribution >= 4 is 53.7 Å². The third-order valence-electron chi connectivity index (χ3n) is 7.51. The zero-order valence-corrected chi connectivity index (χ0v) is 24.4. The van der Waals surface area contributed by atoms with Gasteiger partial charge in [0, 0.05) is 42.3 Å². The standard InChI is InChI=1S/C28H32BrN5O5S/c29-19-16-22-25-23(34(28(22)32-17-19)40(35,36)21-6-2-1-3-7-21)18-31-27(30)26(25)39-20-9-11-33(12-10-20)13-15-38-24-8-4-5-14-37-24/h1-3,6-7,16-18,20,24H,4-5,8-15H2,(H2,30,31). The number of pyridine rings is 2. The second-order valence-corrected chi connectivity index (χ2v) is 12.9. The highest BCUT2D eigenvalue weighted by Gasteiger charge is 2.29. The number of likely N-dealkylation sites (tertiary alicyclic amines) is 1. The van der Waals surface area contributed by atoms with Gasteiger partial charge in [0.25, 0.3) is 10.0 Å². The van der Waals surface area contributed by atoms with E-state index in [1.54, 1.807) is 36.5 Å². The molecule has 1 atom stereocenters. The van der Waals surface area contributed by atoms with E-state index in [-0.39, 0.29) is 28.8 Å². The third-order valence-corrected chi connectivity index (χ3v) is 9.66. The van der Waals surface area contributed by atoms with E-state index in [1.165, 1.54) is 10.2 Å². The van der Waals surface area contributed by atoms with Gasteiger partial charge in [-0.2, -0.15) is 0 Å². The Hall–Kier alpha value is -2.77. The summed E-state index contributed by atoms with van der Waals surface area (Å²) in [6.07, 6.45) is 7.73. The first kappa shape index (κ1) is 27.4. The van der Waals surface area contributed by atoms with E-state index >= 15 is 0 Å². The van der Waals surface area contributed by atoms with Crippen LogP contribution in [-0.4, -0.2) is 72.5 Å². The maximum atomic E-state index is 13.8. The Balaban J connectivity index is 1.26. The highest BCUT2D eigenvalue weighted by molar-refractivity contribution is 9.10. The molecule has 1 unspecified atom stereocenters. The van der Waals surface area contributed by atoms with Gasteiger partial charge >= 0.3 is 0 Å². The van der Waals surface area contributed by atoms with Crippen LogP contribution in [0.5, 0.6) is 5.75 Å². The number of nitrogen functional groups attached to an aromatic ring is 1.